The van der Waals surface area contributed by atoms with E-state index in [1.165, 1.54) is 43.2 Å². The summed E-state index contributed by atoms with van der Waals surface area (Å²) in [5.41, 5.74) is 3.31. The molecule has 2 fully saturated rings. The van der Waals surface area contributed by atoms with Crippen LogP contribution in [0.3, 0.4) is 0 Å². The highest BCUT2D eigenvalue weighted by atomic mass is 31.2. The van der Waals surface area contributed by atoms with Gasteiger partial charge < -0.3 is 22.9 Å². The van der Waals surface area contributed by atoms with Crippen molar-refractivity contribution in [1.29, 1.82) is 0 Å². The van der Waals surface area contributed by atoms with Crippen LogP contribution in [0.5, 0.6) is 5.75 Å². The molecular weight excluding hydrogens is 536 g/mol. The first-order valence-corrected chi connectivity index (χ1v) is 25.6. The normalized spacial score (nSPS) is 30.0. The van der Waals surface area contributed by atoms with E-state index in [9.17, 15) is 14.6 Å². The summed E-state index contributed by atoms with van der Waals surface area (Å²) in [6.07, 6.45) is 8.11. The molecule has 0 amide bonds. The smallest absolute Gasteiger partial charge is 0.248 e. The van der Waals surface area contributed by atoms with Crippen LogP contribution >= 0.6 is 7.82 Å². The molecule has 1 aromatic rings. The number of hydrogen-bond acceptors (Lipinski definition) is 6. The largest absolute Gasteiger partial charge is 0.757 e. The Bertz CT molecular complexity index is 979. The fourth-order valence-electron chi connectivity index (χ4n) is 6.83. The summed E-state index contributed by atoms with van der Waals surface area (Å²) < 4.78 is 27.9. The SMILES string of the molecule is C[C@]12CC[C@@H]3c4ccc(O)cc4CC[C@H]3[C@@H]1CC[C@@H]2O[Si](C)(C)C.C[Si](C)(C)OP(=O)([O-])O[Si](C)(C)C. The number of phenols is 1. The van der Waals surface area contributed by atoms with Crippen molar-refractivity contribution >= 4 is 32.8 Å². The maximum Gasteiger partial charge on any atom is 0.248 e. The van der Waals surface area contributed by atoms with Gasteiger partial charge in [-0.2, -0.15) is 0 Å². The third kappa shape index (κ3) is 8.37. The van der Waals surface area contributed by atoms with Crippen LogP contribution < -0.4 is 4.89 Å². The molecule has 37 heavy (non-hydrogen) atoms. The first kappa shape index (κ1) is 31.3. The molecule has 0 bridgehead atoms. The van der Waals surface area contributed by atoms with E-state index in [-0.39, 0.29) is 0 Å². The lowest BCUT2D eigenvalue weighted by Crippen LogP contribution is -2.47. The maximum atomic E-state index is 11.3. The van der Waals surface area contributed by atoms with Crippen molar-refractivity contribution in [1.82, 2.24) is 0 Å². The monoisotopic (exact) mass is 585 g/mol. The van der Waals surface area contributed by atoms with Crippen LogP contribution in [0.15, 0.2) is 18.2 Å². The molecule has 0 radical (unpaired) electrons. The summed E-state index contributed by atoms with van der Waals surface area (Å²) in [6.45, 7) is 20.4. The van der Waals surface area contributed by atoms with Crippen LogP contribution in [0.2, 0.25) is 58.9 Å². The fraction of sp³-hybridized carbons (Fsp3) is 0.778. The van der Waals surface area contributed by atoms with Gasteiger partial charge in [0.1, 0.15) is 5.75 Å². The van der Waals surface area contributed by atoms with Gasteiger partial charge in [0.15, 0.2) is 25.0 Å². The maximum absolute atomic E-state index is 11.3. The highest BCUT2D eigenvalue weighted by Gasteiger charge is 2.55. The van der Waals surface area contributed by atoms with Crippen LogP contribution in [0.4, 0.5) is 0 Å². The number of fused-ring (bicyclic) bond motifs is 5. The number of benzene rings is 1. The second-order valence-electron chi connectivity index (χ2n) is 14.5. The molecule has 10 heteroatoms. The Morgan fingerprint density at radius 2 is 1.51 bits per heavy atom. The minimum atomic E-state index is -4.06. The predicted molar refractivity (Wildman–Crippen MR) is 157 cm³/mol. The number of hydrogen-bond donors (Lipinski definition) is 1. The molecule has 1 aromatic carbocycles. The Balaban J connectivity index is 0.000000251. The van der Waals surface area contributed by atoms with Gasteiger partial charge in [-0.25, -0.2) is 0 Å². The minimum Gasteiger partial charge on any atom is -0.757 e. The highest BCUT2D eigenvalue weighted by molar-refractivity contribution is 7.49. The highest BCUT2D eigenvalue weighted by Crippen LogP contribution is 2.61. The summed E-state index contributed by atoms with van der Waals surface area (Å²) in [6, 6.07) is 6.10. The van der Waals surface area contributed by atoms with Crippen molar-refractivity contribution in [2.45, 2.75) is 116 Å². The van der Waals surface area contributed by atoms with E-state index in [1.54, 1.807) is 0 Å². The van der Waals surface area contributed by atoms with Gasteiger partial charge in [-0.3, -0.25) is 4.57 Å². The van der Waals surface area contributed by atoms with E-state index < -0.39 is 32.8 Å². The molecule has 0 aliphatic heterocycles. The predicted octanol–water partition coefficient (Wildman–Crippen LogP) is 7.63. The van der Waals surface area contributed by atoms with Crippen molar-refractivity contribution in [3.8, 4) is 5.75 Å². The molecule has 3 aliphatic carbocycles. The zero-order valence-electron chi connectivity index (χ0n) is 24.7. The van der Waals surface area contributed by atoms with E-state index in [4.69, 9.17) is 12.9 Å². The van der Waals surface area contributed by atoms with Crippen LogP contribution in [0.25, 0.3) is 0 Å². The second kappa shape index (κ2) is 11.0. The molecular formula is C27H50O6PSi3-. The van der Waals surface area contributed by atoms with Crippen molar-refractivity contribution in [2.75, 3.05) is 0 Å². The number of rotatable bonds is 6. The molecule has 212 valence electrons. The zero-order chi connectivity index (χ0) is 28.0. The molecule has 0 unspecified atom stereocenters. The molecule has 0 spiro atoms. The van der Waals surface area contributed by atoms with Crippen LogP contribution in [0.1, 0.15) is 56.1 Å². The summed E-state index contributed by atoms with van der Waals surface area (Å²) in [5, 5.41) is 9.81. The van der Waals surface area contributed by atoms with Gasteiger partial charge in [-0.1, -0.05) is 13.0 Å². The molecule has 2 saturated carbocycles. The van der Waals surface area contributed by atoms with Crippen LogP contribution in [0, 0.1) is 17.3 Å². The second-order valence-corrected chi connectivity index (χ2v) is 29.8. The molecule has 6 nitrogen and oxygen atoms in total. The number of aryl methyl sites for hydroxylation is 1. The summed E-state index contributed by atoms with van der Waals surface area (Å²) in [4.78, 5) is 11.3. The number of phosphoric acid groups is 1. The Labute approximate surface area is 228 Å². The van der Waals surface area contributed by atoms with Crippen molar-refractivity contribution in [3.63, 3.8) is 0 Å². The number of phenolic OH excluding ortho intramolecular Hbond substituents is 1. The van der Waals surface area contributed by atoms with E-state index >= 15 is 0 Å². The zero-order valence-corrected chi connectivity index (χ0v) is 28.6. The third-order valence-electron chi connectivity index (χ3n) is 7.89. The minimum absolute atomic E-state index is 0.385. The van der Waals surface area contributed by atoms with Crippen LogP contribution in [-0.2, 0) is 23.8 Å². The van der Waals surface area contributed by atoms with Gasteiger partial charge >= 0.3 is 0 Å². The molecule has 0 saturated heterocycles. The molecule has 0 aromatic heterocycles. The first-order valence-electron chi connectivity index (χ1n) is 13.9. The molecule has 0 heterocycles. The van der Waals surface area contributed by atoms with Gasteiger partial charge in [0.25, 0.3) is 0 Å². The van der Waals surface area contributed by atoms with E-state index in [1.807, 2.05) is 51.4 Å². The molecule has 1 N–H and O–H groups in total. The summed E-state index contributed by atoms with van der Waals surface area (Å²) >= 11 is 0. The Morgan fingerprint density at radius 3 is 2.05 bits per heavy atom. The lowest BCUT2D eigenvalue weighted by molar-refractivity contribution is -0.210. The Hall–Kier alpha value is -0.259. The van der Waals surface area contributed by atoms with Crippen molar-refractivity contribution < 1.29 is 27.4 Å². The lowest BCUT2D eigenvalue weighted by Gasteiger charge is -2.51. The summed E-state index contributed by atoms with van der Waals surface area (Å²) in [5.74, 6) is 2.77. The van der Waals surface area contributed by atoms with Gasteiger partial charge in [0.05, 0.1) is 6.10 Å². The molecule has 4 rings (SSSR count). The summed E-state index contributed by atoms with van der Waals surface area (Å²) in [7, 11) is -9.68. The van der Waals surface area contributed by atoms with Crippen molar-refractivity contribution in [3.05, 3.63) is 29.3 Å². The molecule has 3 aliphatic rings. The third-order valence-corrected chi connectivity index (χ3v) is 15.1. The van der Waals surface area contributed by atoms with E-state index in [0.29, 0.717) is 23.2 Å². The van der Waals surface area contributed by atoms with E-state index in [2.05, 4.69) is 32.6 Å². The first-order chi connectivity index (χ1) is 16.7. The average molecular weight is 586 g/mol. The standard InChI is InChI=1S/C21H32O2Si.C6H19O4PSi2/c1-21-12-11-17-16-8-6-15(22)13-14(16)5-7-18(17)19(21)9-10-20(21)23-24(2,3)4;1-12(2,3)9-11(7,8)10-13(4,5)6/h6,8,13,17-20,22H,5,7,9-12H2,1-4H3;1-6H3,(H,7,8)/p-1/t17-,18-,19+,20+,21+;/m1./s1. The van der Waals surface area contributed by atoms with Gasteiger partial charge in [0.2, 0.25) is 7.82 Å². The lowest BCUT2D eigenvalue weighted by atomic mass is 9.55. The van der Waals surface area contributed by atoms with Crippen LogP contribution in [-0.4, -0.2) is 36.2 Å². The fourth-order valence-corrected chi connectivity index (χ4v) is 13.9. The Kier molecular flexibility index (Phi) is 9.26. The van der Waals surface area contributed by atoms with E-state index in [0.717, 1.165) is 18.3 Å². The Morgan fingerprint density at radius 1 is 0.919 bits per heavy atom. The van der Waals surface area contributed by atoms with Gasteiger partial charge in [0, 0.05) is 0 Å². The van der Waals surface area contributed by atoms with Gasteiger partial charge in [-0.15, -0.1) is 0 Å². The molecule has 5 atom stereocenters. The quantitative estimate of drug-likeness (QED) is 0.273. The topological polar surface area (TPSA) is 88.0 Å². The average Bonchev–Trinajstić information content (AvgIpc) is 2.99. The van der Waals surface area contributed by atoms with Gasteiger partial charge in [-0.05, 0) is 144 Å². The number of aromatic hydroxyl groups is 1. The van der Waals surface area contributed by atoms with Crippen molar-refractivity contribution in [2.24, 2.45) is 17.3 Å².